The maximum Gasteiger partial charge on any atom is 0.251 e. The van der Waals surface area contributed by atoms with E-state index in [1.54, 1.807) is 24.3 Å². The van der Waals surface area contributed by atoms with Crippen LogP contribution in [0.3, 0.4) is 0 Å². The molecular formula is C19H20N2O2. The lowest BCUT2D eigenvalue weighted by atomic mass is 10.1. The second kappa shape index (κ2) is 6.65. The second-order valence-corrected chi connectivity index (χ2v) is 6.01. The van der Waals surface area contributed by atoms with Gasteiger partial charge in [0.15, 0.2) is 0 Å². The van der Waals surface area contributed by atoms with E-state index in [2.05, 4.69) is 16.7 Å². The van der Waals surface area contributed by atoms with Gasteiger partial charge in [0, 0.05) is 23.7 Å². The number of nitrogens with one attached hydrogen (secondary N) is 2. The molecule has 1 aliphatic rings. The van der Waals surface area contributed by atoms with Crippen molar-refractivity contribution in [2.45, 2.75) is 26.3 Å². The number of rotatable bonds is 5. The van der Waals surface area contributed by atoms with Gasteiger partial charge in [0.1, 0.15) is 0 Å². The summed E-state index contributed by atoms with van der Waals surface area (Å²) in [5, 5.41) is 5.77. The summed E-state index contributed by atoms with van der Waals surface area (Å²) >= 11 is 0. The molecule has 0 unspecified atom stereocenters. The minimum absolute atomic E-state index is 0.0710. The SMILES string of the molecule is Cc1cccc(CNC(=O)c2ccc(NC(=O)C3CC3)cc2)c1. The fourth-order valence-corrected chi connectivity index (χ4v) is 2.40. The highest BCUT2D eigenvalue weighted by molar-refractivity contribution is 5.96. The van der Waals surface area contributed by atoms with Crippen LogP contribution < -0.4 is 10.6 Å². The molecule has 3 rings (SSSR count). The first-order valence-electron chi connectivity index (χ1n) is 7.86. The van der Waals surface area contributed by atoms with Crippen LogP contribution in [0.15, 0.2) is 48.5 Å². The molecule has 4 nitrogen and oxygen atoms in total. The molecule has 1 aliphatic carbocycles. The van der Waals surface area contributed by atoms with Gasteiger partial charge in [-0.25, -0.2) is 0 Å². The van der Waals surface area contributed by atoms with Crippen LogP contribution in [0.2, 0.25) is 0 Å². The molecule has 2 aromatic rings. The number of benzene rings is 2. The average molecular weight is 308 g/mol. The Morgan fingerprint density at radius 2 is 1.83 bits per heavy atom. The third-order valence-electron chi connectivity index (χ3n) is 3.90. The molecule has 0 aromatic heterocycles. The van der Waals surface area contributed by atoms with E-state index in [4.69, 9.17) is 0 Å². The van der Waals surface area contributed by atoms with Crippen molar-refractivity contribution < 1.29 is 9.59 Å². The highest BCUT2D eigenvalue weighted by Crippen LogP contribution is 2.30. The van der Waals surface area contributed by atoms with Crippen LogP contribution in [-0.4, -0.2) is 11.8 Å². The van der Waals surface area contributed by atoms with Crippen LogP contribution in [0.25, 0.3) is 0 Å². The largest absolute Gasteiger partial charge is 0.348 e. The third kappa shape index (κ3) is 4.19. The summed E-state index contributed by atoms with van der Waals surface area (Å²) in [5.41, 5.74) is 3.57. The Hall–Kier alpha value is -2.62. The fraction of sp³-hybridized carbons (Fsp3) is 0.263. The molecule has 1 saturated carbocycles. The van der Waals surface area contributed by atoms with Crippen molar-refractivity contribution in [3.63, 3.8) is 0 Å². The van der Waals surface area contributed by atoms with E-state index in [1.165, 1.54) is 5.56 Å². The minimum atomic E-state index is -0.119. The second-order valence-electron chi connectivity index (χ2n) is 6.01. The van der Waals surface area contributed by atoms with Crippen molar-refractivity contribution in [1.29, 1.82) is 0 Å². The number of hydrogen-bond donors (Lipinski definition) is 2. The number of hydrogen-bond acceptors (Lipinski definition) is 2. The summed E-state index contributed by atoms with van der Waals surface area (Å²) in [6.45, 7) is 2.53. The van der Waals surface area contributed by atoms with Crippen LogP contribution in [0.5, 0.6) is 0 Å². The summed E-state index contributed by atoms with van der Waals surface area (Å²) < 4.78 is 0. The normalized spacial score (nSPS) is 13.4. The zero-order valence-electron chi connectivity index (χ0n) is 13.1. The van der Waals surface area contributed by atoms with Gasteiger partial charge in [0.25, 0.3) is 5.91 Å². The molecule has 0 radical (unpaired) electrons. The van der Waals surface area contributed by atoms with Gasteiger partial charge in [-0.15, -0.1) is 0 Å². The predicted molar refractivity (Wildman–Crippen MR) is 90.1 cm³/mol. The summed E-state index contributed by atoms with van der Waals surface area (Å²) in [6, 6.07) is 15.0. The Balaban J connectivity index is 1.55. The Kier molecular flexibility index (Phi) is 4.42. The van der Waals surface area contributed by atoms with Crippen molar-refractivity contribution in [2.75, 3.05) is 5.32 Å². The van der Waals surface area contributed by atoms with Gasteiger partial charge in [-0.1, -0.05) is 29.8 Å². The van der Waals surface area contributed by atoms with Gasteiger partial charge in [-0.2, -0.15) is 0 Å². The van der Waals surface area contributed by atoms with E-state index in [9.17, 15) is 9.59 Å². The Morgan fingerprint density at radius 3 is 2.48 bits per heavy atom. The molecule has 0 saturated heterocycles. The van der Waals surface area contributed by atoms with Gasteiger partial charge in [0.2, 0.25) is 5.91 Å². The van der Waals surface area contributed by atoms with Crippen LogP contribution in [-0.2, 0) is 11.3 Å². The Bertz CT molecular complexity index is 718. The Labute approximate surface area is 135 Å². The third-order valence-corrected chi connectivity index (χ3v) is 3.90. The molecule has 0 heterocycles. The summed E-state index contributed by atoms with van der Waals surface area (Å²) in [7, 11) is 0. The van der Waals surface area contributed by atoms with E-state index in [0.29, 0.717) is 12.1 Å². The molecule has 0 atom stereocenters. The monoisotopic (exact) mass is 308 g/mol. The first-order chi connectivity index (χ1) is 11.1. The Morgan fingerprint density at radius 1 is 1.09 bits per heavy atom. The molecular weight excluding hydrogens is 288 g/mol. The maximum absolute atomic E-state index is 12.2. The highest BCUT2D eigenvalue weighted by atomic mass is 16.2. The molecule has 1 fully saturated rings. The number of anilines is 1. The zero-order chi connectivity index (χ0) is 16.2. The van der Waals surface area contributed by atoms with Gasteiger partial charge in [-0.05, 0) is 49.6 Å². The first kappa shape index (κ1) is 15.3. The van der Waals surface area contributed by atoms with Gasteiger partial charge < -0.3 is 10.6 Å². The highest BCUT2D eigenvalue weighted by Gasteiger charge is 2.29. The van der Waals surface area contributed by atoms with Gasteiger partial charge >= 0.3 is 0 Å². The molecule has 23 heavy (non-hydrogen) atoms. The van der Waals surface area contributed by atoms with Gasteiger partial charge in [0.05, 0.1) is 0 Å². The number of amides is 2. The van der Waals surface area contributed by atoms with Crippen LogP contribution >= 0.6 is 0 Å². The van der Waals surface area contributed by atoms with E-state index in [-0.39, 0.29) is 17.7 Å². The molecule has 4 heteroatoms. The smallest absolute Gasteiger partial charge is 0.251 e. The number of aryl methyl sites for hydroxylation is 1. The standard InChI is InChI=1S/C19H20N2O2/c1-13-3-2-4-14(11-13)12-20-18(22)15-7-9-17(10-8-15)21-19(23)16-5-6-16/h2-4,7-11,16H,5-6,12H2,1H3,(H,20,22)(H,21,23). The van der Waals surface area contributed by atoms with Crippen LogP contribution in [0.4, 0.5) is 5.69 Å². The summed E-state index contributed by atoms with van der Waals surface area (Å²) in [5.74, 6) is 0.125. The lowest BCUT2D eigenvalue weighted by Crippen LogP contribution is -2.22. The number of carbonyl (C=O) groups is 2. The first-order valence-corrected chi connectivity index (χ1v) is 7.86. The van der Waals surface area contributed by atoms with Gasteiger partial charge in [-0.3, -0.25) is 9.59 Å². The molecule has 2 aromatic carbocycles. The maximum atomic E-state index is 12.2. The van der Waals surface area contributed by atoms with Crippen LogP contribution in [0, 0.1) is 12.8 Å². The number of carbonyl (C=O) groups excluding carboxylic acids is 2. The van der Waals surface area contributed by atoms with Crippen molar-refractivity contribution >= 4 is 17.5 Å². The van der Waals surface area contributed by atoms with E-state index in [0.717, 1.165) is 24.1 Å². The molecule has 0 aliphatic heterocycles. The molecule has 0 bridgehead atoms. The van der Waals surface area contributed by atoms with Crippen molar-refractivity contribution in [3.8, 4) is 0 Å². The van der Waals surface area contributed by atoms with E-state index >= 15 is 0 Å². The predicted octanol–water partition coefficient (Wildman–Crippen LogP) is 3.27. The van der Waals surface area contributed by atoms with E-state index < -0.39 is 0 Å². The van der Waals surface area contributed by atoms with Crippen molar-refractivity contribution in [1.82, 2.24) is 5.32 Å². The van der Waals surface area contributed by atoms with E-state index in [1.807, 2.05) is 25.1 Å². The summed E-state index contributed by atoms with van der Waals surface area (Å²) in [4.78, 5) is 23.8. The fourth-order valence-electron chi connectivity index (χ4n) is 2.40. The summed E-state index contributed by atoms with van der Waals surface area (Å²) in [6.07, 6.45) is 1.95. The zero-order valence-corrected chi connectivity index (χ0v) is 13.1. The lowest BCUT2D eigenvalue weighted by molar-refractivity contribution is -0.117. The quantitative estimate of drug-likeness (QED) is 0.890. The average Bonchev–Trinajstić information content (AvgIpc) is 3.38. The molecule has 2 N–H and O–H groups in total. The van der Waals surface area contributed by atoms with Crippen LogP contribution in [0.1, 0.15) is 34.3 Å². The topological polar surface area (TPSA) is 58.2 Å². The molecule has 2 amide bonds. The minimum Gasteiger partial charge on any atom is -0.348 e. The van der Waals surface area contributed by atoms with Crippen molar-refractivity contribution in [2.24, 2.45) is 5.92 Å². The van der Waals surface area contributed by atoms with Crippen molar-refractivity contribution in [3.05, 3.63) is 65.2 Å². The molecule has 118 valence electrons. The lowest BCUT2D eigenvalue weighted by Gasteiger charge is -2.08. The molecule has 0 spiro atoms.